The first-order chi connectivity index (χ1) is 9.91. The van der Waals surface area contributed by atoms with Crippen molar-refractivity contribution in [2.75, 3.05) is 5.32 Å². The minimum absolute atomic E-state index is 0.0716. The Hall–Kier alpha value is -1.47. The molecule has 0 radical (unpaired) electrons. The molecule has 0 bridgehead atoms. The number of benzene rings is 1. The minimum atomic E-state index is -4.61. The third-order valence-corrected chi connectivity index (χ3v) is 5.25. The van der Waals surface area contributed by atoms with Crippen molar-refractivity contribution in [1.29, 1.82) is 0 Å². The highest BCUT2D eigenvalue weighted by Gasteiger charge is 2.29. The third-order valence-electron chi connectivity index (χ3n) is 2.92. The van der Waals surface area contributed by atoms with Crippen LogP contribution in [0.3, 0.4) is 0 Å². The summed E-state index contributed by atoms with van der Waals surface area (Å²) in [6.45, 7) is 1.88. The maximum absolute atomic E-state index is 12.7. The first kappa shape index (κ1) is 15.9. The molecular formula is C14H15F2NO2S2. The molecule has 0 spiro atoms. The van der Waals surface area contributed by atoms with Crippen molar-refractivity contribution in [3.8, 4) is 0 Å². The van der Waals surface area contributed by atoms with E-state index >= 15 is 0 Å². The number of nitrogens with one attached hydrogen (secondary N) is 1. The molecule has 0 aliphatic carbocycles. The Kier molecular flexibility index (Phi) is 4.95. The van der Waals surface area contributed by atoms with E-state index in [0.29, 0.717) is 6.42 Å². The highest BCUT2D eigenvalue weighted by molar-refractivity contribution is 7.91. The van der Waals surface area contributed by atoms with Gasteiger partial charge in [-0.1, -0.05) is 18.2 Å². The molecule has 2 rings (SSSR count). The summed E-state index contributed by atoms with van der Waals surface area (Å²) in [6, 6.07) is 9.58. The van der Waals surface area contributed by atoms with Gasteiger partial charge in [-0.05, 0) is 30.5 Å². The van der Waals surface area contributed by atoms with Gasteiger partial charge in [-0.25, -0.2) is 8.42 Å². The highest BCUT2D eigenvalue weighted by Crippen LogP contribution is 2.27. The predicted molar refractivity (Wildman–Crippen MR) is 80.7 cm³/mol. The van der Waals surface area contributed by atoms with Gasteiger partial charge in [0.15, 0.2) is 0 Å². The van der Waals surface area contributed by atoms with Crippen LogP contribution in [0, 0.1) is 0 Å². The van der Waals surface area contributed by atoms with E-state index in [9.17, 15) is 17.2 Å². The summed E-state index contributed by atoms with van der Waals surface area (Å²) in [5, 5.41) is 4.96. The monoisotopic (exact) mass is 331 g/mol. The van der Waals surface area contributed by atoms with Gasteiger partial charge in [-0.3, -0.25) is 0 Å². The third kappa shape index (κ3) is 3.79. The lowest BCUT2D eigenvalue weighted by molar-refractivity contribution is 0.235. The van der Waals surface area contributed by atoms with E-state index in [4.69, 9.17) is 0 Å². The first-order valence-electron chi connectivity index (χ1n) is 6.31. The molecule has 114 valence electrons. The largest absolute Gasteiger partial charge is 0.381 e. The summed E-state index contributed by atoms with van der Waals surface area (Å²) in [5.41, 5.74) is 0.210. The van der Waals surface area contributed by atoms with Crippen LogP contribution < -0.4 is 5.32 Å². The van der Waals surface area contributed by atoms with Crippen LogP contribution in [-0.4, -0.2) is 20.2 Å². The van der Waals surface area contributed by atoms with E-state index in [1.165, 1.54) is 18.2 Å². The van der Waals surface area contributed by atoms with Crippen LogP contribution in [0.15, 0.2) is 46.7 Å². The SMILES string of the molecule is CC(Cc1cccs1)Nc1ccccc1S(=O)(=O)C(F)F. The van der Waals surface area contributed by atoms with Crippen molar-refractivity contribution in [3.05, 3.63) is 46.7 Å². The molecule has 1 aromatic carbocycles. The molecule has 3 nitrogen and oxygen atoms in total. The number of thiophene rings is 1. The quantitative estimate of drug-likeness (QED) is 0.876. The van der Waals surface area contributed by atoms with E-state index in [1.807, 2.05) is 24.4 Å². The van der Waals surface area contributed by atoms with Gasteiger partial charge in [-0.2, -0.15) is 8.78 Å². The molecule has 0 aliphatic heterocycles. The van der Waals surface area contributed by atoms with Gasteiger partial charge in [0.25, 0.3) is 0 Å². The molecule has 0 fully saturated rings. The molecule has 1 atom stereocenters. The minimum Gasteiger partial charge on any atom is -0.381 e. The summed E-state index contributed by atoms with van der Waals surface area (Å²) >= 11 is 1.60. The number of para-hydroxylation sites is 1. The lowest BCUT2D eigenvalue weighted by Gasteiger charge is -2.17. The lowest BCUT2D eigenvalue weighted by atomic mass is 10.2. The Morgan fingerprint density at radius 3 is 2.52 bits per heavy atom. The van der Waals surface area contributed by atoms with E-state index in [0.717, 1.165) is 4.88 Å². The molecule has 0 amide bonds. The van der Waals surface area contributed by atoms with Crippen molar-refractivity contribution >= 4 is 26.9 Å². The van der Waals surface area contributed by atoms with Gasteiger partial charge in [0, 0.05) is 17.3 Å². The van der Waals surface area contributed by atoms with E-state index < -0.39 is 15.6 Å². The summed E-state index contributed by atoms with van der Waals surface area (Å²) < 4.78 is 48.7. The van der Waals surface area contributed by atoms with Gasteiger partial charge in [0.1, 0.15) is 0 Å². The zero-order valence-electron chi connectivity index (χ0n) is 11.3. The number of alkyl halides is 2. The molecule has 0 aliphatic rings. The van der Waals surface area contributed by atoms with Gasteiger partial charge >= 0.3 is 5.76 Å². The Labute approximate surface area is 126 Å². The van der Waals surface area contributed by atoms with Crippen LogP contribution in [0.25, 0.3) is 0 Å². The van der Waals surface area contributed by atoms with Gasteiger partial charge < -0.3 is 5.32 Å². The predicted octanol–water partition coefficient (Wildman–Crippen LogP) is 3.79. The fourth-order valence-electron chi connectivity index (χ4n) is 1.98. The summed E-state index contributed by atoms with van der Waals surface area (Å²) in [6.07, 6.45) is 0.695. The standard InChI is InChI=1S/C14H15F2NO2S2/c1-10(9-11-5-4-8-20-11)17-12-6-2-3-7-13(12)21(18,19)14(15)16/h2-8,10,14,17H,9H2,1H3. The zero-order chi connectivity index (χ0) is 15.5. The summed E-state index contributed by atoms with van der Waals surface area (Å²) in [5.74, 6) is -3.42. The Balaban J connectivity index is 2.21. The molecule has 1 heterocycles. The van der Waals surface area contributed by atoms with Crippen LogP contribution in [0.1, 0.15) is 11.8 Å². The van der Waals surface area contributed by atoms with E-state index in [-0.39, 0.29) is 16.6 Å². The second kappa shape index (κ2) is 6.53. The van der Waals surface area contributed by atoms with Gasteiger partial charge in [0.05, 0.1) is 10.6 Å². The number of anilines is 1. The normalized spacial score (nSPS) is 13.3. The molecule has 1 N–H and O–H groups in total. The Bertz CT molecular complexity index is 685. The number of halogens is 2. The van der Waals surface area contributed by atoms with Crippen LogP contribution >= 0.6 is 11.3 Å². The van der Waals surface area contributed by atoms with Crippen molar-refractivity contribution in [3.63, 3.8) is 0 Å². The average Bonchev–Trinajstić information content (AvgIpc) is 2.91. The van der Waals surface area contributed by atoms with Gasteiger partial charge in [0.2, 0.25) is 9.84 Å². The fourth-order valence-corrected chi connectivity index (χ4v) is 3.71. The number of hydrogen-bond acceptors (Lipinski definition) is 4. The highest BCUT2D eigenvalue weighted by atomic mass is 32.2. The van der Waals surface area contributed by atoms with Crippen molar-refractivity contribution in [2.45, 2.75) is 30.0 Å². The molecule has 1 aromatic heterocycles. The topological polar surface area (TPSA) is 46.2 Å². The van der Waals surface area contributed by atoms with Crippen LogP contribution in [-0.2, 0) is 16.3 Å². The molecular weight excluding hydrogens is 316 g/mol. The Morgan fingerprint density at radius 2 is 1.90 bits per heavy atom. The summed E-state index contributed by atoms with van der Waals surface area (Å²) in [7, 11) is -4.61. The zero-order valence-corrected chi connectivity index (χ0v) is 12.9. The summed E-state index contributed by atoms with van der Waals surface area (Å²) in [4.78, 5) is 0.780. The van der Waals surface area contributed by atoms with Crippen molar-refractivity contribution < 1.29 is 17.2 Å². The Morgan fingerprint density at radius 1 is 1.19 bits per heavy atom. The van der Waals surface area contributed by atoms with E-state index in [1.54, 1.807) is 17.4 Å². The second-order valence-electron chi connectivity index (χ2n) is 4.63. The lowest BCUT2D eigenvalue weighted by Crippen LogP contribution is -2.21. The smallest absolute Gasteiger partial charge is 0.341 e. The van der Waals surface area contributed by atoms with Crippen LogP contribution in [0.2, 0.25) is 0 Å². The number of sulfone groups is 1. The number of rotatable bonds is 6. The second-order valence-corrected chi connectivity index (χ2v) is 7.55. The van der Waals surface area contributed by atoms with Crippen LogP contribution in [0.4, 0.5) is 14.5 Å². The molecule has 1 unspecified atom stereocenters. The maximum atomic E-state index is 12.7. The first-order valence-corrected chi connectivity index (χ1v) is 8.74. The molecule has 2 aromatic rings. The molecule has 7 heteroatoms. The molecule has 21 heavy (non-hydrogen) atoms. The van der Waals surface area contributed by atoms with Crippen LogP contribution in [0.5, 0.6) is 0 Å². The fraction of sp³-hybridized carbons (Fsp3) is 0.286. The average molecular weight is 331 g/mol. The van der Waals surface area contributed by atoms with Crippen molar-refractivity contribution in [2.24, 2.45) is 0 Å². The van der Waals surface area contributed by atoms with Crippen molar-refractivity contribution in [1.82, 2.24) is 0 Å². The molecule has 0 saturated carbocycles. The van der Waals surface area contributed by atoms with E-state index in [2.05, 4.69) is 5.32 Å². The maximum Gasteiger partial charge on any atom is 0.341 e. The number of hydrogen-bond donors (Lipinski definition) is 1. The van der Waals surface area contributed by atoms with Gasteiger partial charge in [-0.15, -0.1) is 11.3 Å². The molecule has 0 saturated heterocycles.